The highest BCUT2D eigenvalue weighted by molar-refractivity contribution is 9.10. The van der Waals surface area contributed by atoms with Crippen LogP contribution < -0.4 is 14.6 Å². The second-order valence-electron chi connectivity index (χ2n) is 4.80. The number of ether oxygens (including phenoxy) is 2. The first-order chi connectivity index (χ1) is 10.3. The Kier molecular flexibility index (Phi) is 2.93. The van der Waals surface area contributed by atoms with Crippen molar-refractivity contribution in [1.82, 2.24) is 5.10 Å². The molecule has 3 aromatic rings. The molecule has 0 spiro atoms. The maximum absolute atomic E-state index is 5.42. The van der Waals surface area contributed by atoms with Gasteiger partial charge >= 0.3 is 0 Å². The van der Waals surface area contributed by atoms with Crippen molar-refractivity contribution in [3.05, 3.63) is 53.0 Å². The Hall–Kier alpha value is -2.27. The molecule has 104 valence electrons. The molecule has 1 aliphatic rings. The molecule has 0 amide bonds. The van der Waals surface area contributed by atoms with E-state index in [2.05, 4.69) is 44.3 Å². The molecule has 0 saturated heterocycles. The van der Waals surface area contributed by atoms with Crippen molar-refractivity contribution in [3.63, 3.8) is 0 Å². The zero-order valence-electron chi connectivity index (χ0n) is 11.0. The van der Waals surface area contributed by atoms with Gasteiger partial charge < -0.3 is 9.47 Å². The topological polar surface area (TPSA) is 48.4 Å². The lowest BCUT2D eigenvalue weighted by atomic mass is 10.1. The minimum atomic E-state index is 0.291. The average molecular weight is 344 g/mol. The van der Waals surface area contributed by atoms with Gasteiger partial charge in [-0.3, -0.25) is 0 Å². The van der Waals surface area contributed by atoms with E-state index in [0.717, 1.165) is 38.5 Å². The standard InChI is InChI=1S/C16H11BrN2O2/c17-12-3-1-2-10(6-12)13-8-14(19-18-13)11-4-5-15-16(7-11)21-9-20-15/h1-8H,9H2,(H,18,19)/p+1. The van der Waals surface area contributed by atoms with Gasteiger partial charge in [-0.2, -0.15) is 5.10 Å². The summed E-state index contributed by atoms with van der Waals surface area (Å²) >= 11 is 3.49. The first-order valence-corrected chi connectivity index (χ1v) is 7.35. The Morgan fingerprint density at radius 1 is 0.952 bits per heavy atom. The van der Waals surface area contributed by atoms with E-state index in [4.69, 9.17) is 9.47 Å². The van der Waals surface area contributed by atoms with Gasteiger partial charge in [0.25, 0.3) is 0 Å². The van der Waals surface area contributed by atoms with Crippen molar-refractivity contribution in [2.75, 3.05) is 6.79 Å². The first kappa shape index (κ1) is 12.5. The van der Waals surface area contributed by atoms with E-state index < -0.39 is 0 Å². The Bertz CT molecular complexity index is 814. The molecule has 2 heterocycles. The van der Waals surface area contributed by atoms with E-state index in [1.807, 2.05) is 30.3 Å². The van der Waals surface area contributed by atoms with Crippen LogP contribution in [0.15, 0.2) is 53.0 Å². The summed E-state index contributed by atoms with van der Waals surface area (Å²) in [4.78, 5) is 0. The zero-order chi connectivity index (χ0) is 14.2. The van der Waals surface area contributed by atoms with Gasteiger partial charge in [0.2, 0.25) is 12.5 Å². The molecule has 2 aromatic carbocycles. The Morgan fingerprint density at radius 3 is 2.76 bits per heavy atom. The van der Waals surface area contributed by atoms with Gasteiger partial charge in [-0.05, 0) is 36.4 Å². The number of hydrogen-bond donors (Lipinski definition) is 1. The molecule has 0 unspecified atom stereocenters. The molecular formula is C16H12BrN2O2+. The van der Waals surface area contributed by atoms with Crippen LogP contribution in [-0.4, -0.2) is 11.9 Å². The maximum Gasteiger partial charge on any atom is 0.236 e. The van der Waals surface area contributed by atoms with Crippen molar-refractivity contribution in [2.45, 2.75) is 0 Å². The van der Waals surface area contributed by atoms with Crippen LogP contribution in [0, 0.1) is 0 Å². The largest absolute Gasteiger partial charge is 0.454 e. The summed E-state index contributed by atoms with van der Waals surface area (Å²) in [6, 6.07) is 16.2. The van der Waals surface area contributed by atoms with Crippen LogP contribution in [0.25, 0.3) is 22.5 Å². The summed E-state index contributed by atoms with van der Waals surface area (Å²) in [5.41, 5.74) is 4.21. The smallest absolute Gasteiger partial charge is 0.236 e. The average Bonchev–Trinajstić information content (AvgIpc) is 3.15. The van der Waals surface area contributed by atoms with Gasteiger partial charge in [-0.25, -0.2) is 0 Å². The lowest BCUT2D eigenvalue weighted by molar-refractivity contribution is -0.436. The number of aromatic amines is 2. The fourth-order valence-electron chi connectivity index (χ4n) is 2.38. The third kappa shape index (κ3) is 2.29. The highest BCUT2D eigenvalue weighted by atomic mass is 79.9. The molecular weight excluding hydrogens is 332 g/mol. The number of hydrogen-bond acceptors (Lipinski definition) is 2. The van der Waals surface area contributed by atoms with Crippen LogP contribution in [0.2, 0.25) is 0 Å². The molecule has 2 N–H and O–H groups in total. The highest BCUT2D eigenvalue weighted by Gasteiger charge is 2.16. The summed E-state index contributed by atoms with van der Waals surface area (Å²) in [7, 11) is 0. The van der Waals surface area contributed by atoms with E-state index in [1.54, 1.807) is 0 Å². The van der Waals surface area contributed by atoms with E-state index in [0.29, 0.717) is 6.79 Å². The summed E-state index contributed by atoms with van der Waals surface area (Å²) in [6.07, 6.45) is 0. The lowest BCUT2D eigenvalue weighted by Gasteiger charge is -1.98. The van der Waals surface area contributed by atoms with Crippen LogP contribution >= 0.6 is 15.9 Å². The molecule has 4 nitrogen and oxygen atoms in total. The van der Waals surface area contributed by atoms with E-state index >= 15 is 0 Å². The minimum absolute atomic E-state index is 0.291. The molecule has 21 heavy (non-hydrogen) atoms. The van der Waals surface area contributed by atoms with Crippen molar-refractivity contribution in [2.24, 2.45) is 0 Å². The lowest BCUT2D eigenvalue weighted by Crippen LogP contribution is -2.04. The van der Waals surface area contributed by atoms with Gasteiger partial charge in [0, 0.05) is 21.7 Å². The second kappa shape index (κ2) is 4.93. The SMILES string of the molecule is Brc1cccc(-c2cc(-c3ccc4c(c3)OCO4)[nH][nH+]2)c1. The predicted octanol–water partition coefficient (Wildman–Crippen LogP) is 3.65. The normalized spacial score (nSPS) is 12.6. The van der Waals surface area contributed by atoms with Gasteiger partial charge in [0.1, 0.15) is 5.69 Å². The van der Waals surface area contributed by atoms with E-state index in [-0.39, 0.29) is 0 Å². The third-order valence-electron chi connectivity index (χ3n) is 3.44. The summed E-state index contributed by atoms with van der Waals surface area (Å²) in [5.74, 6) is 1.58. The second-order valence-corrected chi connectivity index (χ2v) is 5.72. The van der Waals surface area contributed by atoms with E-state index in [9.17, 15) is 0 Å². The number of rotatable bonds is 2. The summed E-state index contributed by atoms with van der Waals surface area (Å²) in [6.45, 7) is 0.291. The molecule has 5 heteroatoms. The molecule has 0 saturated carbocycles. The van der Waals surface area contributed by atoms with Crippen LogP contribution in [-0.2, 0) is 0 Å². The molecule has 0 radical (unpaired) electrons. The monoisotopic (exact) mass is 343 g/mol. The number of nitrogens with one attached hydrogen (secondary N) is 2. The van der Waals surface area contributed by atoms with Gasteiger partial charge in [-0.1, -0.05) is 22.0 Å². The van der Waals surface area contributed by atoms with Crippen molar-refractivity contribution < 1.29 is 14.6 Å². The fourth-order valence-corrected chi connectivity index (χ4v) is 2.78. The number of H-pyrrole nitrogens is 2. The van der Waals surface area contributed by atoms with Crippen LogP contribution in [0.4, 0.5) is 0 Å². The molecule has 1 aliphatic heterocycles. The van der Waals surface area contributed by atoms with Gasteiger partial charge in [0.15, 0.2) is 11.5 Å². The van der Waals surface area contributed by atoms with Crippen LogP contribution in [0.3, 0.4) is 0 Å². The molecule has 4 rings (SSSR count). The number of benzene rings is 2. The summed E-state index contributed by atoms with van der Waals surface area (Å²) in [5, 5.41) is 6.39. The highest BCUT2D eigenvalue weighted by Crippen LogP contribution is 2.35. The van der Waals surface area contributed by atoms with E-state index in [1.165, 1.54) is 0 Å². The Labute approximate surface area is 129 Å². The van der Waals surface area contributed by atoms with Gasteiger partial charge in [-0.15, -0.1) is 5.10 Å². The van der Waals surface area contributed by atoms with Crippen molar-refractivity contribution >= 4 is 15.9 Å². The number of aromatic nitrogens is 2. The zero-order valence-corrected chi connectivity index (χ0v) is 12.6. The van der Waals surface area contributed by atoms with Crippen LogP contribution in [0.1, 0.15) is 0 Å². The van der Waals surface area contributed by atoms with Gasteiger partial charge in [0.05, 0.1) is 0 Å². The Morgan fingerprint density at radius 2 is 1.86 bits per heavy atom. The number of fused-ring (bicyclic) bond motifs is 1. The summed E-state index contributed by atoms with van der Waals surface area (Å²) < 4.78 is 11.8. The molecule has 0 bridgehead atoms. The molecule has 0 atom stereocenters. The fraction of sp³-hybridized carbons (Fsp3) is 0.0625. The Balaban J connectivity index is 1.71. The predicted molar refractivity (Wildman–Crippen MR) is 82.0 cm³/mol. The quantitative estimate of drug-likeness (QED) is 0.771. The molecule has 1 aromatic heterocycles. The van der Waals surface area contributed by atoms with Crippen molar-refractivity contribution in [1.29, 1.82) is 0 Å². The maximum atomic E-state index is 5.42. The number of halogens is 1. The minimum Gasteiger partial charge on any atom is -0.454 e. The van der Waals surface area contributed by atoms with Crippen molar-refractivity contribution in [3.8, 4) is 34.0 Å². The molecule has 0 aliphatic carbocycles. The molecule has 0 fully saturated rings. The van der Waals surface area contributed by atoms with Crippen LogP contribution in [0.5, 0.6) is 11.5 Å². The third-order valence-corrected chi connectivity index (χ3v) is 3.93. The first-order valence-electron chi connectivity index (χ1n) is 6.56.